The Labute approximate surface area is 118 Å². The van der Waals surface area contributed by atoms with Gasteiger partial charge in [-0.05, 0) is 46.9 Å². The lowest BCUT2D eigenvalue weighted by Crippen LogP contribution is -2.07. The first-order valence-electron chi connectivity index (χ1n) is 5.27. The number of methoxy groups -OCH3 is 1. The Morgan fingerprint density at radius 1 is 1.11 bits per heavy atom. The van der Waals surface area contributed by atoms with Crippen LogP contribution < -0.4 is 4.74 Å². The third-order valence-corrected chi connectivity index (χ3v) is 3.49. The SMILES string of the molecule is COc1cccc(C(=O)c2ccccc2I)c1F. The second-order valence-corrected chi connectivity index (χ2v) is 4.79. The van der Waals surface area contributed by atoms with Gasteiger partial charge in [-0.15, -0.1) is 0 Å². The van der Waals surface area contributed by atoms with Crippen LogP contribution in [0.4, 0.5) is 4.39 Å². The first-order valence-corrected chi connectivity index (χ1v) is 6.34. The Morgan fingerprint density at radius 2 is 1.78 bits per heavy atom. The number of ether oxygens (including phenoxy) is 1. The van der Waals surface area contributed by atoms with Crippen molar-refractivity contribution in [1.82, 2.24) is 0 Å². The van der Waals surface area contributed by atoms with Crippen molar-refractivity contribution in [2.75, 3.05) is 7.11 Å². The molecule has 92 valence electrons. The molecule has 0 aliphatic heterocycles. The minimum absolute atomic E-state index is 0.0264. The molecule has 0 saturated heterocycles. The zero-order valence-electron chi connectivity index (χ0n) is 9.61. The van der Waals surface area contributed by atoms with Crippen LogP contribution in [0.2, 0.25) is 0 Å². The van der Waals surface area contributed by atoms with Crippen LogP contribution in [0.5, 0.6) is 5.75 Å². The lowest BCUT2D eigenvalue weighted by Gasteiger charge is -2.07. The highest BCUT2D eigenvalue weighted by atomic mass is 127. The van der Waals surface area contributed by atoms with Gasteiger partial charge < -0.3 is 4.74 Å². The molecule has 0 fully saturated rings. The molecule has 0 aliphatic carbocycles. The van der Waals surface area contributed by atoms with Crippen molar-refractivity contribution in [3.05, 3.63) is 63.0 Å². The molecule has 0 radical (unpaired) electrons. The van der Waals surface area contributed by atoms with Gasteiger partial charge in [0.25, 0.3) is 0 Å². The van der Waals surface area contributed by atoms with Crippen molar-refractivity contribution in [1.29, 1.82) is 0 Å². The molecule has 2 rings (SSSR count). The van der Waals surface area contributed by atoms with Gasteiger partial charge in [-0.3, -0.25) is 4.79 Å². The van der Waals surface area contributed by atoms with E-state index in [1.54, 1.807) is 18.2 Å². The predicted molar refractivity (Wildman–Crippen MR) is 75.5 cm³/mol. The fraction of sp³-hybridized carbons (Fsp3) is 0.0714. The van der Waals surface area contributed by atoms with E-state index in [0.717, 1.165) is 3.57 Å². The van der Waals surface area contributed by atoms with Gasteiger partial charge in [-0.1, -0.05) is 18.2 Å². The van der Waals surface area contributed by atoms with Crippen LogP contribution in [0.3, 0.4) is 0 Å². The number of benzene rings is 2. The summed E-state index contributed by atoms with van der Waals surface area (Å²) in [5.41, 5.74) is 0.517. The van der Waals surface area contributed by atoms with Crippen LogP contribution in [0.25, 0.3) is 0 Å². The maximum Gasteiger partial charge on any atom is 0.197 e. The average molecular weight is 356 g/mol. The van der Waals surface area contributed by atoms with Crippen LogP contribution in [0.15, 0.2) is 42.5 Å². The highest BCUT2D eigenvalue weighted by Gasteiger charge is 2.18. The third-order valence-electron chi connectivity index (χ3n) is 2.55. The van der Waals surface area contributed by atoms with Gasteiger partial charge in [0.1, 0.15) is 0 Å². The molecule has 2 aromatic carbocycles. The second kappa shape index (κ2) is 5.48. The van der Waals surface area contributed by atoms with Gasteiger partial charge in [0.05, 0.1) is 12.7 Å². The van der Waals surface area contributed by atoms with Gasteiger partial charge in [-0.25, -0.2) is 4.39 Å². The number of carbonyl (C=O) groups is 1. The summed E-state index contributed by atoms with van der Waals surface area (Å²) in [5, 5.41) is 0. The summed E-state index contributed by atoms with van der Waals surface area (Å²) in [7, 11) is 1.37. The number of carbonyl (C=O) groups excluding carboxylic acids is 1. The van der Waals surface area contributed by atoms with Crippen LogP contribution >= 0.6 is 22.6 Å². The topological polar surface area (TPSA) is 26.3 Å². The van der Waals surface area contributed by atoms with Gasteiger partial charge in [0, 0.05) is 9.13 Å². The Bertz CT molecular complexity index is 596. The molecule has 0 unspecified atom stereocenters. The fourth-order valence-electron chi connectivity index (χ4n) is 1.63. The largest absolute Gasteiger partial charge is 0.494 e. The normalized spacial score (nSPS) is 10.2. The van der Waals surface area contributed by atoms with Crippen LogP contribution in [0.1, 0.15) is 15.9 Å². The zero-order valence-corrected chi connectivity index (χ0v) is 11.8. The number of hydrogen-bond donors (Lipinski definition) is 0. The molecule has 2 aromatic rings. The van der Waals surface area contributed by atoms with E-state index < -0.39 is 5.82 Å². The molecule has 0 heterocycles. The van der Waals surface area contributed by atoms with E-state index in [0.29, 0.717) is 5.56 Å². The van der Waals surface area contributed by atoms with E-state index in [1.165, 1.54) is 19.2 Å². The molecule has 2 nitrogen and oxygen atoms in total. The van der Waals surface area contributed by atoms with E-state index >= 15 is 0 Å². The zero-order chi connectivity index (χ0) is 13.1. The van der Waals surface area contributed by atoms with E-state index in [9.17, 15) is 9.18 Å². The van der Waals surface area contributed by atoms with Crippen molar-refractivity contribution in [3.8, 4) is 5.75 Å². The van der Waals surface area contributed by atoms with Crippen molar-refractivity contribution >= 4 is 28.4 Å². The monoisotopic (exact) mass is 356 g/mol. The fourth-order valence-corrected chi connectivity index (χ4v) is 2.27. The Balaban J connectivity index is 2.50. The number of rotatable bonds is 3. The maximum atomic E-state index is 14.0. The predicted octanol–water partition coefficient (Wildman–Crippen LogP) is 3.67. The Morgan fingerprint density at radius 3 is 2.44 bits per heavy atom. The highest BCUT2D eigenvalue weighted by molar-refractivity contribution is 14.1. The van der Waals surface area contributed by atoms with Gasteiger partial charge in [0.2, 0.25) is 0 Å². The minimum atomic E-state index is -0.621. The van der Waals surface area contributed by atoms with E-state index in [4.69, 9.17) is 4.74 Å². The summed E-state index contributed by atoms with van der Waals surface area (Å²) < 4.78 is 19.7. The summed E-state index contributed by atoms with van der Waals surface area (Å²) >= 11 is 2.06. The smallest absolute Gasteiger partial charge is 0.197 e. The summed E-state index contributed by atoms with van der Waals surface area (Å²) in [6.07, 6.45) is 0. The van der Waals surface area contributed by atoms with Crippen molar-refractivity contribution in [3.63, 3.8) is 0 Å². The van der Waals surface area contributed by atoms with Crippen LogP contribution in [-0.4, -0.2) is 12.9 Å². The lowest BCUT2D eigenvalue weighted by molar-refractivity contribution is 0.103. The molecule has 18 heavy (non-hydrogen) atoms. The molecule has 0 bridgehead atoms. The molecule has 0 aromatic heterocycles. The molecule has 4 heteroatoms. The van der Waals surface area contributed by atoms with Crippen LogP contribution in [0, 0.1) is 9.39 Å². The molecular formula is C14H10FIO2. The summed E-state index contributed by atoms with van der Waals surface area (Å²) in [6, 6.07) is 11.6. The van der Waals surface area contributed by atoms with E-state index in [-0.39, 0.29) is 17.1 Å². The van der Waals surface area contributed by atoms with Crippen molar-refractivity contribution in [2.24, 2.45) is 0 Å². The van der Waals surface area contributed by atoms with Gasteiger partial charge in [0.15, 0.2) is 17.3 Å². The molecular weight excluding hydrogens is 346 g/mol. The van der Waals surface area contributed by atoms with Crippen LogP contribution in [-0.2, 0) is 0 Å². The number of halogens is 2. The standard InChI is InChI=1S/C14H10FIO2/c1-18-12-8-4-6-10(13(12)15)14(17)9-5-2-3-7-11(9)16/h2-8H,1H3. The second-order valence-electron chi connectivity index (χ2n) is 3.63. The summed E-state index contributed by atoms with van der Waals surface area (Å²) in [5.74, 6) is -0.882. The first-order chi connectivity index (χ1) is 8.65. The van der Waals surface area contributed by atoms with Crippen molar-refractivity contribution < 1.29 is 13.9 Å². The molecule has 0 N–H and O–H groups in total. The molecule has 0 spiro atoms. The lowest BCUT2D eigenvalue weighted by atomic mass is 10.0. The number of hydrogen-bond acceptors (Lipinski definition) is 2. The summed E-state index contributed by atoms with van der Waals surface area (Å²) in [4.78, 5) is 12.3. The van der Waals surface area contributed by atoms with E-state index in [2.05, 4.69) is 22.6 Å². The maximum absolute atomic E-state index is 14.0. The van der Waals surface area contributed by atoms with E-state index in [1.807, 2.05) is 12.1 Å². The molecule has 0 amide bonds. The highest BCUT2D eigenvalue weighted by Crippen LogP contribution is 2.24. The third kappa shape index (κ3) is 2.38. The summed E-state index contributed by atoms with van der Waals surface area (Å²) in [6.45, 7) is 0. The Kier molecular flexibility index (Phi) is 3.96. The number of ketones is 1. The average Bonchev–Trinajstić information content (AvgIpc) is 2.39. The molecule has 0 atom stereocenters. The van der Waals surface area contributed by atoms with Gasteiger partial charge >= 0.3 is 0 Å². The Hall–Kier alpha value is -1.43. The minimum Gasteiger partial charge on any atom is -0.494 e. The molecule has 0 aliphatic rings. The van der Waals surface area contributed by atoms with Crippen molar-refractivity contribution in [2.45, 2.75) is 0 Å². The molecule has 0 saturated carbocycles. The van der Waals surface area contributed by atoms with Gasteiger partial charge in [-0.2, -0.15) is 0 Å². The quantitative estimate of drug-likeness (QED) is 0.620. The first kappa shape index (κ1) is 13.0.